The standard InChI is InChI=1S/C19H25N3O/c23-19(16-9-10-18-15(14-16)6-5-11-21-18)22-13-12-20-17-7-3-1-2-4-8-17/h5-6,9-11,14,17,20H,1-4,7-8,12-13H2,(H,22,23). The maximum atomic E-state index is 12.2. The number of carbonyl (C=O) groups is 1. The van der Waals surface area contributed by atoms with E-state index in [0.717, 1.165) is 17.4 Å². The van der Waals surface area contributed by atoms with Crippen LogP contribution in [0.15, 0.2) is 36.5 Å². The van der Waals surface area contributed by atoms with Crippen molar-refractivity contribution in [2.75, 3.05) is 13.1 Å². The Hall–Kier alpha value is -1.94. The molecular weight excluding hydrogens is 286 g/mol. The van der Waals surface area contributed by atoms with Gasteiger partial charge in [-0.2, -0.15) is 0 Å². The highest BCUT2D eigenvalue weighted by atomic mass is 16.1. The van der Waals surface area contributed by atoms with E-state index in [9.17, 15) is 4.79 Å². The fourth-order valence-electron chi connectivity index (χ4n) is 3.25. The van der Waals surface area contributed by atoms with Crippen LogP contribution in [0.5, 0.6) is 0 Å². The summed E-state index contributed by atoms with van der Waals surface area (Å²) in [7, 11) is 0. The summed E-state index contributed by atoms with van der Waals surface area (Å²) >= 11 is 0. The molecule has 23 heavy (non-hydrogen) atoms. The van der Waals surface area contributed by atoms with Crippen LogP contribution in [-0.4, -0.2) is 30.0 Å². The van der Waals surface area contributed by atoms with Crippen molar-refractivity contribution in [3.63, 3.8) is 0 Å². The lowest BCUT2D eigenvalue weighted by molar-refractivity contribution is 0.0953. The largest absolute Gasteiger partial charge is 0.351 e. The second-order valence-electron chi connectivity index (χ2n) is 6.31. The molecule has 0 atom stereocenters. The van der Waals surface area contributed by atoms with E-state index in [0.29, 0.717) is 18.2 Å². The Bertz CT molecular complexity index is 648. The first kappa shape index (κ1) is 15.9. The summed E-state index contributed by atoms with van der Waals surface area (Å²) in [5.41, 5.74) is 1.61. The Morgan fingerprint density at radius 3 is 2.74 bits per heavy atom. The number of hydrogen-bond acceptors (Lipinski definition) is 3. The average molecular weight is 311 g/mol. The van der Waals surface area contributed by atoms with Gasteiger partial charge >= 0.3 is 0 Å². The zero-order chi connectivity index (χ0) is 15.9. The molecule has 2 aromatic rings. The molecule has 1 aromatic heterocycles. The van der Waals surface area contributed by atoms with Crippen molar-refractivity contribution in [3.05, 3.63) is 42.1 Å². The van der Waals surface area contributed by atoms with Crippen LogP contribution in [0.2, 0.25) is 0 Å². The first-order valence-corrected chi connectivity index (χ1v) is 8.69. The predicted molar refractivity (Wildman–Crippen MR) is 93.6 cm³/mol. The SMILES string of the molecule is O=C(NCCNC1CCCCCC1)c1ccc2ncccc2c1. The monoisotopic (exact) mass is 311 g/mol. The zero-order valence-corrected chi connectivity index (χ0v) is 13.6. The molecule has 122 valence electrons. The van der Waals surface area contributed by atoms with E-state index in [4.69, 9.17) is 0 Å². The van der Waals surface area contributed by atoms with E-state index >= 15 is 0 Å². The fourth-order valence-corrected chi connectivity index (χ4v) is 3.25. The van der Waals surface area contributed by atoms with Crippen molar-refractivity contribution >= 4 is 16.8 Å². The average Bonchev–Trinajstić information content (AvgIpc) is 2.87. The van der Waals surface area contributed by atoms with E-state index in [-0.39, 0.29) is 5.91 Å². The Morgan fingerprint density at radius 2 is 1.91 bits per heavy atom. The fraction of sp³-hybridized carbons (Fsp3) is 0.474. The minimum Gasteiger partial charge on any atom is -0.351 e. The topological polar surface area (TPSA) is 54.0 Å². The van der Waals surface area contributed by atoms with Crippen LogP contribution in [-0.2, 0) is 0 Å². The number of amides is 1. The summed E-state index contributed by atoms with van der Waals surface area (Å²) in [6, 6.07) is 10.1. The van der Waals surface area contributed by atoms with Crippen molar-refractivity contribution in [2.45, 2.75) is 44.6 Å². The van der Waals surface area contributed by atoms with Crippen LogP contribution in [0.25, 0.3) is 10.9 Å². The van der Waals surface area contributed by atoms with Gasteiger partial charge in [-0.3, -0.25) is 9.78 Å². The number of fused-ring (bicyclic) bond motifs is 1. The molecular formula is C19H25N3O. The van der Waals surface area contributed by atoms with Gasteiger partial charge in [-0.15, -0.1) is 0 Å². The Kier molecular flexibility index (Phi) is 5.59. The molecule has 1 aromatic carbocycles. The van der Waals surface area contributed by atoms with Gasteiger partial charge in [0.15, 0.2) is 0 Å². The van der Waals surface area contributed by atoms with Gasteiger partial charge in [0.05, 0.1) is 5.52 Å². The lowest BCUT2D eigenvalue weighted by Gasteiger charge is -2.16. The van der Waals surface area contributed by atoms with Crippen LogP contribution >= 0.6 is 0 Å². The first-order chi connectivity index (χ1) is 11.3. The molecule has 3 rings (SSSR count). The minimum absolute atomic E-state index is 0.0154. The van der Waals surface area contributed by atoms with Gasteiger partial charge in [-0.25, -0.2) is 0 Å². The second kappa shape index (κ2) is 8.06. The number of carbonyl (C=O) groups excluding carboxylic acids is 1. The Labute approximate surface area is 137 Å². The molecule has 0 bridgehead atoms. The van der Waals surface area contributed by atoms with Gasteiger partial charge in [0.25, 0.3) is 5.91 Å². The molecule has 1 amide bonds. The molecule has 0 spiro atoms. The number of hydrogen-bond donors (Lipinski definition) is 2. The molecule has 1 fully saturated rings. The number of nitrogens with zero attached hydrogens (tertiary/aromatic N) is 1. The van der Waals surface area contributed by atoms with Crippen molar-refractivity contribution < 1.29 is 4.79 Å². The zero-order valence-electron chi connectivity index (χ0n) is 13.6. The summed E-state index contributed by atoms with van der Waals surface area (Å²) < 4.78 is 0. The van der Waals surface area contributed by atoms with Crippen molar-refractivity contribution in [1.29, 1.82) is 0 Å². The summed E-state index contributed by atoms with van der Waals surface area (Å²) in [5, 5.41) is 7.57. The molecule has 0 aliphatic heterocycles. The van der Waals surface area contributed by atoms with E-state index in [1.54, 1.807) is 6.20 Å². The molecule has 4 heteroatoms. The maximum Gasteiger partial charge on any atom is 0.251 e. The molecule has 1 aliphatic rings. The van der Waals surface area contributed by atoms with Crippen LogP contribution in [0.3, 0.4) is 0 Å². The van der Waals surface area contributed by atoms with Crippen molar-refractivity contribution in [2.24, 2.45) is 0 Å². The number of pyridine rings is 1. The van der Waals surface area contributed by atoms with Gasteiger partial charge in [0.1, 0.15) is 0 Å². The van der Waals surface area contributed by atoms with Crippen molar-refractivity contribution in [1.82, 2.24) is 15.6 Å². The Morgan fingerprint density at radius 1 is 1.09 bits per heavy atom. The highest BCUT2D eigenvalue weighted by Gasteiger charge is 2.11. The maximum absolute atomic E-state index is 12.2. The third-order valence-corrected chi connectivity index (χ3v) is 4.56. The minimum atomic E-state index is -0.0154. The van der Waals surface area contributed by atoms with Gasteiger partial charge in [-0.1, -0.05) is 31.7 Å². The molecule has 1 heterocycles. The smallest absolute Gasteiger partial charge is 0.251 e. The molecule has 1 aliphatic carbocycles. The third kappa shape index (κ3) is 4.52. The van der Waals surface area contributed by atoms with E-state index in [2.05, 4.69) is 15.6 Å². The summed E-state index contributed by atoms with van der Waals surface area (Å²) in [6.45, 7) is 1.51. The van der Waals surface area contributed by atoms with E-state index in [1.807, 2.05) is 30.3 Å². The van der Waals surface area contributed by atoms with Crippen LogP contribution in [0, 0.1) is 0 Å². The van der Waals surface area contributed by atoms with Gasteiger partial charge in [0, 0.05) is 36.3 Å². The van der Waals surface area contributed by atoms with Crippen LogP contribution in [0.1, 0.15) is 48.9 Å². The summed E-state index contributed by atoms with van der Waals surface area (Å²) in [4.78, 5) is 16.5. The van der Waals surface area contributed by atoms with Crippen LogP contribution < -0.4 is 10.6 Å². The summed E-state index contributed by atoms with van der Waals surface area (Å²) in [5.74, 6) is -0.0154. The van der Waals surface area contributed by atoms with Gasteiger partial charge < -0.3 is 10.6 Å². The molecule has 0 radical (unpaired) electrons. The Balaban J connectivity index is 1.46. The molecule has 0 unspecified atom stereocenters. The van der Waals surface area contributed by atoms with Gasteiger partial charge in [0.2, 0.25) is 0 Å². The highest BCUT2D eigenvalue weighted by Crippen LogP contribution is 2.17. The lowest BCUT2D eigenvalue weighted by atomic mass is 10.1. The second-order valence-corrected chi connectivity index (χ2v) is 6.31. The number of benzene rings is 1. The van der Waals surface area contributed by atoms with Crippen LogP contribution in [0.4, 0.5) is 0 Å². The predicted octanol–water partition coefficient (Wildman–Crippen LogP) is 3.28. The number of aromatic nitrogens is 1. The van der Waals surface area contributed by atoms with E-state index in [1.165, 1.54) is 38.5 Å². The number of rotatable bonds is 5. The highest BCUT2D eigenvalue weighted by molar-refractivity contribution is 5.97. The number of nitrogens with one attached hydrogen (secondary N) is 2. The van der Waals surface area contributed by atoms with E-state index < -0.39 is 0 Å². The van der Waals surface area contributed by atoms with Gasteiger partial charge in [-0.05, 0) is 37.1 Å². The third-order valence-electron chi connectivity index (χ3n) is 4.56. The summed E-state index contributed by atoms with van der Waals surface area (Å²) in [6.07, 6.45) is 9.69. The lowest BCUT2D eigenvalue weighted by Crippen LogP contribution is -2.36. The molecule has 1 saturated carbocycles. The molecule has 4 nitrogen and oxygen atoms in total. The molecule has 2 N–H and O–H groups in total. The quantitative estimate of drug-likeness (QED) is 0.658. The first-order valence-electron chi connectivity index (χ1n) is 8.69. The molecule has 0 saturated heterocycles. The normalized spacial score (nSPS) is 16.2. The van der Waals surface area contributed by atoms with Crippen molar-refractivity contribution in [3.8, 4) is 0 Å².